The van der Waals surface area contributed by atoms with Gasteiger partial charge < -0.3 is 4.74 Å². The lowest BCUT2D eigenvalue weighted by atomic mass is 10.3. The molecule has 0 radical (unpaired) electrons. The molecule has 0 aliphatic carbocycles. The van der Waals surface area contributed by atoms with Gasteiger partial charge in [0.05, 0.1) is 12.3 Å². The molecule has 0 N–H and O–H groups in total. The molecule has 2 heterocycles. The summed E-state index contributed by atoms with van der Waals surface area (Å²) >= 11 is 8.17. The highest BCUT2D eigenvalue weighted by Gasteiger charge is 2.28. The fourth-order valence-corrected chi connectivity index (χ4v) is 4.32. The van der Waals surface area contributed by atoms with Gasteiger partial charge >= 0.3 is 5.97 Å². The van der Waals surface area contributed by atoms with Gasteiger partial charge in [-0.25, -0.2) is 4.68 Å². The van der Waals surface area contributed by atoms with Gasteiger partial charge in [0, 0.05) is 6.42 Å². The number of ether oxygens (including phenoxy) is 1. The second-order valence-corrected chi connectivity index (χ2v) is 7.02. The summed E-state index contributed by atoms with van der Waals surface area (Å²) in [5.41, 5.74) is 0.935. The fraction of sp³-hybridized carbons (Fsp3) is 0.250. The van der Waals surface area contributed by atoms with Crippen LogP contribution in [-0.2, 0) is 9.53 Å². The van der Waals surface area contributed by atoms with E-state index in [4.69, 9.17) is 17.0 Å². The topological polar surface area (TPSA) is 44.1 Å². The van der Waals surface area contributed by atoms with Crippen LogP contribution in [0.15, 0.2) is 34.7 Å². The van der Waals surface area contributed by atoms with Gasteiger partial charge in [-0.3, -0.25) is 4.79 Å². The van der Waals surface area contributed by atoms with Crippen molar-refractivity contribution in [3.8, 4) is 5.69 Å². The molecule has 1 aromatic heterocycles. The molecular formula is C12H10N2O2S3. The Bertz CT molecular complexity index is 650. The van der Waals surface area contributed by atoms with Crippen LogP contribution in [0.2, 0.25) is 0 Å². The molecule has 0 spiro atoms. The van der Waals surface area contributed by atoms with Crippen LogP contribution in [0.25, 0.3) is 5.69 Å². The van der Waals surface area contributed by atoms with E-state index in [1.165, 1.54) is 23.1 Å². The van der Waals surface area contributed by atoms with Crippen LogP contribution in [0.4, 0.5) is 0 Å². The minimum atomic E-state index is -0.155. The maximum absolute atomic E-state index is 11.4. The van der Waals surface area contributed by atoms with E-state index in [0.717, 1.165) is 16.4 Å². The number of nitrogens with zero attached hydrogens (tertiary/aromatic N) is 2. The van der Waals surface area contributed by atoms with Crippen molar-refractivity contribution in [2.45, 2.75) is 16.0 Å². The second kappa shape index (κ2) is 5.44. The molecule has 1 aliphatic rings. The Morgan fingerprint density at radius 3 is 2.89 bits per heavy atom. The average molecular weight is 310 g/mol. The first-order valence-corrected chi connectivity index (χ1v) is 7.83. The van der Waals surface area contributed by atoms with E-state index in [1.54, 1.807) is 4.68 Å². The monoisotopic (exact) mass is 310 g/mol. The number of carbonyl (C=O) groups excluding carboxylic acids is 1. The Kier molecular flexibility index (Phi) is 3.67. The Morgan fingerprint density at radius 1 is 1.42 bits per heavy atom. The first kappa shape index (κ1) is 12.8. The molecule has 0 bridgehead atoms. The lowest BCUT2D eigenvalue weighted by molar-refractivity contribution is -0.137. The molecule has 0 amide bonds. The van der Waals surface area contributed by atoms with Crippen molar-refractivity contribution in [1.82, 2.24) is 9.78 Å². The van der Waals surface area contributed by atoms with E-state index >= 15 is 0 Å². The lowest BCUT2D eigenvalue weighted by Crippen LogP contribution is -2.09. The van der Waals surface area contributed by atoms with Gasteiger partial charge in [-0.05, 0) is 24.4 Å². The molecule has 4 nitrogen and oxygen atoms in total. The van der Waals surface area contributed by atoms with E-state index < -0.39 is 0 Å². The molecule has 7 heteroatoms. The number of para-hydroxylation sites is 1. The van der Waals surface area contributed by atoms with Crippen molar-refractivity contribution in [2.75, 3.05) is 6.61 Å². The SMILES string of the molecule is O=C1OCCC1Sc1nn(-c2ccccc2)c(=S)s1. The average Bonchev–Trinajstić information content (AvgIpc) is 2.98. The number of hydrogen-bond acceptors (Lipinski definition) is 6. The van der Waals surface area contributed by atoms with Gasteiger partial charge in [-0.2, -0.15) is 0 Å². The number of hydrogen-bond donors (Lipinski definition) is 0. The summed E-state index contributed by atoms with van der Waals surface area (Å²) in [6.45, 7) is 0.501. The summed E-state index contributed by atoms with van der Waals surface area (Å²) in [5.74, 6) is -0.155. The van der Waals surface area contributed by atoms with Gasteiger partial charge in [0.1, 0.15) is 5.25 Å². The molecule has 1 aliphatic heterocycles. The van der Waals surface area contributed by atoms with Crippen LogP contribution < -0.4 is 0 Å². The lowest BCUT2D eigenvalue weighted by Gasteiger charge is -2.01. The van der Waals surface area contributed by atoms with E-state index in [1.807, 2.05) is 30.3 Å². The van der Waals surface area contributed by atoms with Gasteiger partial charge in [0.15, 0.2) is 8.29 Å². The Morgan fingerprint density at radius 2 is 2.21 bits per heavy atom. The highest BCUT2D eigenvalue weighted by Crippen LogP contribution is 2.32. The summed E-state index contributed by atoms with van der Waals surface area (Å²) in [4.78, 5) is 11.4. The molecule has 3 rings (SSSR count). The van der Waals surface area contributed by atoms with Crippen LogP contribution in [0.1, 0.15) is 6.42 Å². The number of thioether (sulfide) groups is 1. The first-order chi connectivity index (χ1) is 9.24. The molecule has 2 aromatic rings. The third kappa shape index (κ3) is 2.72. The number of carbonyl (C=O) groups is 1. The Hall–Kier alpha value is -1.18. The van der Waals surface area contributed by atoms with E-state index in [9.17, 15) is 4.79 Å². The van der Waals surface area contributed by atoms with Crippen LogP contribution in [0.5, 0.6) is 0 Å². The van der Waals surface area contributed by atoms with Crippen molar-refractivity contribution in [3.63, 3.8) is 0 Å². The second-order valence-electron chi connectivity index (χ2n) is 3.94. The highest BCUT2D eigenvalue weighted by atomic mass is 32.2. The van der Waals surface area contributed by atoms with Crippen LogP contribution >= 0.6 is 35.3 Å². The summed E-state index contributed by atoms with van der Waals surface area (Å²) in [6, 6.07) is 9.74. The standard InChI is InChI=1S/C12H10N2O2S3/c15-10-9(6-7-16-10)18-11-13-14(12(17)19-11)8-4-2-1-3-5-8/h1-5,9H,6-7H2. The normalized spacial score (nSPS) is 18.5. The number of aromatic nitrogens is 2. The predicted octanol–water partition coefficient (Wildman–Crippen LogP) is 3.07. The maximum Gasteiger partial charge on any atom is 0.319 e. The minimum Gasteiger partial charge on any atom is -0.465 e. The van der Waals surface area contributed by atoms with Crippen molar-refractivity contribution >= 4 is 41.3 Å². The van der Waals surface area contributed by atoms with Gasteiger partial charge in [-0.1, -0.05) is 41.3 Å². The van der Waals surface area contributed by atoms with Crippen LogP contribution in [0, 0.1) is 3.95 Å². The Balaban J connectivity index is 1.86. The summed E-state index contributed by atoms with van der Waals surface area (Å²) in [6.07, 6.45) is 0.737. The number of benzene rings is 1. The van der Waals surface area contributed by atoms with Crippen molar-refractivity contribution in [3.05, 3.63) is 34.3 Å². The van der Waals surface area contributed by atoms with Crippen molar-refractivity contribution in [1.29, 1.82) is 0 Å². The third-order valence-corrected chi connectivity index (χ3v) is 5.22. The van der Waals surface area contributed by atoms with E-state index in [2.05, 4.69) is 5.10 Å². The zero-order valence-electron chi connectivity index (χ0n) is 9.81. The molecule has 1 unspecified atom stereocenters. The number of esters is 1. The maximum atomic E-state index is 11.4. The summed E-state index contributed by atoms with van der Waals surface area (Å²) in [5, 5.41) is 4.32. The van der Waals surface area contributed by atoms with Gasteiger partial charge in [-0.15, -0.1) is 5.10 Å². The zero-order valence-corrected chi connectivity index (χ0v) is 12.3. The van der Waals surface area contributed by atoms with E-state index in [-0.39, 0.29) is 11.2 Å². The highest BCUT2D eigenvalue weighted by molar-refractivity contribution is 8.02. The van der Waals surface area contributed by atoms with Crippen LogP contribution in [-0.4, -0.2) is 27.6 Å². The van der Waals surface area contributed by atoms with Crippen molar-refractivity contribution < 1.29 is 9.53 Å². The minimum absolute atomic E-state index is 0.148. The molecular weight excluding hydrogens is 300 g/mol. The number of cyclic esters (lactones) is 1. The number of rotatable bonds is 3. The zero-order chi connectivity index (χ0) is 13.2. The van der Waals surface area contributed by atoms with Gasteiger partial charge in [0.25, 0.3) is 0 Å². The molecule has 1 fully saturated rings. The Labute approximate surface area is 123 Å². The molecule has 0 saturated carbocycles. The largest absolute Gasteiger partial charge is 0.465 e. The fourth-order valence-electron chi connectivity index (χ4n) is 1.75. The molecule has 1 atom stereocenters. The van der Waals surface area contributed by atoms with Crippen LogP contribution in [0.3, 0.4) is 0 Å². The smallest absolute Gasteiger partial charge is 0.319 e. The van der Waals surface area contributed by atoms with Gasteiger partial charge in [0.2, 0.25) is 0 Å². The van der Waals surface area contributed by atoms with E-state index in [0.29, 0.717) is 10.6 Å². The summed E-state index contributed by atoms with van der Waals surface area (Å²) < 4.78 is 8.15. The molecule has 19 heavy (non-hydrogen) atoms. The third-order valence-electron chi connectivity index (χ3n) is 2.66. The molecule has 1 aromatic carbocycles. The molecule has 1 saturated heterocycles. The van der Waals surface area contributed by atoms with Crippen molar-refractivity contribution in [2.24, 2.45) is 0 Å². The quantitative estimate of drug-likeness (QED) is 0.644. The predicted molar refractivity (Wildman–Crippen MR) is 77.5 cm³/mol. The first-order valence-electron chi connectivity index (χ1n) is 5.73. The molecule has 98 valence electrons. The summed E-state index contributed by atoms with van der Waals surface area (Å²) in [7, 11) is 0.